The van der Waals surface area contributed by atoms with E-state index in [1.54, 1.807) is 7.11 Å². The largest absolute Gasteiger partial charge is 0.497 e. The predicted molar refractivity (Wildman–Crippen MR) is 52.1 cm³/mol. The van der Waals surface area contributed by atoms with Crippen molar-refractivity contribution >= 4 is 0 Å². The van der Waals surface area contributed by atoms with Gasteiger partial charge < -0.3 is 15.2 Å². The maximum Gasteiger partial charge on any atom is 0.120 e. The molecule has 3 heteroatoms. The van der Waals surface area contributed by atoms with Crippen molar-refractivity contribution in [2.75, 3.05) is 13.7 Å². The van der Waals surface area contributed by atoms with Gasteiger partial charge in [-0.2, -0.15) is 0 Å². The highest BCUT2D eigenvalue weighted by atomic mass is 16.5. The Labute approximate surface area is 78.5 Å². The van der Waals surface area contributed by atoms with Crippen LogP contribution in [0.5, 0.6) is 11.5 Å². The molecular formula is C10H15NO2. The molecule has 1 rings (SSSR count). The van der Waals surface area contributed by atoms with Crippen LogP contribution in [0.15, 0.2) is 24.3 Å². The molecule has 0 spiro atoms. The van der Waals surface area contributed by atoms with Crippen LogP contribution in [0, 0.1) is 0 Å². The highest BCUT2D eigenvalue weighted by molar-refractivity contribution is 5.31. The molecule has 3 nitrogen and oxygen atoms in total. The highest BCUT2D eigenvalue weighted by Gasteiger charge is 2.00. The van der Waals surface area contributed by atoms with Gasteiger partial charge in [-0.1, -0.05) is 0 Å². The Hall–Kier alpha value is -1.22. The van der Waals surface area contributed by atoms with Crippen molar-refractivity contribution in [2.24, 2.45) is 5.73 Å². The Morgan fingerprint density at radius 2 is 1.77 bits per heavy atom. The minimum Gasteiger partial charge on any atom is -0.497 e. The maximum atomic E-state index is 5.48. The van der Waals surface area contributed by atoms with Crippen molar-refractivity contribution < 1.29 is 9.47 Å². The Kier molecular flexibility index (Phi) is 3.58. The van der Waals surface area contributed by atoms with Crippen LogP contribution < -0.4 is 15.2 Å². The molecule has 1 atom stereocenters. The van der Waals surface area contributed by atoms with Crippen LogP contribution in [-0.2, 0) is 0 Å². The number of benzene rings is 1. The third kappa shape index (κ3) is 2.95. The lowest BCUT2D eigenvalue weighted by Gasteiger charge is -2.12. The summed E-state index contributed by atoms with van der Waals surface area (Å²) in [5.41, 5.74) is 5.43. The summed E-state index contributed by atoms with van der Waals surface area (Å²) >= 11 is 0. The molecule has 72 valence electrons. The van der Waals surface area contributed by atoms with E-state index in [4.69, 9.17) is 15.2 Å². The SMILES string of the molecule is COc1ccc(O[C@@H](C)CN)cc1. The number of hydrogen-bond acceptors (Lipinski definition) is 3. The first kappa shape index (κ1) is 9.86. The fraction of sp³-hybridized carbons (Fsp3) is 0.400. The number of nitrogens with two attached hydrogens (primary N) is 1. The van der Waals surface area contributed by atoms with E-state index in [1.807, 2.05) is 31.2 Å². The number of hydrogen-bond donors (Lipinski definition) is 1. The fourth-order valence-corrected chi connectivity index (χ4v) is 0.935. The maximum absolute atomic E-state index is 5.48. The molecule has 0 aliphatic carbocycles. The summed E-state index contributed by atoms with van der Waals surface area (Å²) in [6.07, 6.45) is 0.0494. The Balaban J connectivity index is 2.58. The van der Waals surface area contributed by atoms with E-state index in [9.17, 15) is 0 Å². The molecule has 0 fully saturated rings. The zero-order valence-corrected chi connectivity index (χ0v) is 7.99. The molecule has 0 unspecified atom stereocenters. The topological polar surface area (TPSA) is 44.5 Å². The average Bonchev–Trinajstić information content (AvgIpc) is 2.19. The van der Waals surface area contributed by atoms with Crippen molar-refractivity contribution in [3.63, 3.8) is 0 Å². The summed E-state index contributed by atoms with van der Waals surface area (Å²) in [5.74, 6) is 1.64. The van der Waals surface area contributed by atoms with Gasteiger partial charge in [-0.05, 0) is 31.2 Å². The number of methoxy groups -OCH3 is 1. The Morgan fingerprint density at radius 3 is 2.23 bits per heavy atom. The van der Waals surface area contributed by atoms with E-state index >= 15 is 0 Å². The molecule has 0 radical (unpaired) electrons. The quantitative estimate of drug-likeness (QED) is 0.764. The summed E-state index contributed by atoms with van der Waals surface area (Å²) in [7, 11) is 1.64. The molecule has 0 aromatic heterocycles. The minimum atomic E-state index is 0.0494. The van der Waals surface area contributed by atoms with Gasteiger partial charge in [0.2, 0.25) is 0 Å². The van der Waals surface area contributed by atoms with Crippen LogP contribution in [0.25, 0.3) is 0 Å². The molecule has 0 aliphatic heterocycles. The summed E-state index contributed by atoms with van der Waals surface area (Å²) in [6.45, 7) is 2.45. The van der Waals surface area contributed by atoms with Gasteiger partial charge in [0, 0.05) is 6.54 Å². The molecule has 1 aromatic rings. The van der Waals surface area contributed by atoms with Gasteiger partial charge in [0.05, 0.1) is 7.11 Å². The van der Waals surface area contributed by atoms with Gasteiger partial charge in [0.25, 0.3) is 0 Å². The van der Waals surface area contributed by atoms with E-state index in [2.05, 4.69) is 0 Å². The van der Waals surface area contributed by atoms with Gasteiger partial charge in [-0.25, -0.2) is 0 Å². The molecule has 0 aliphatic rings. The molecule has 0 bridgehead atoms. The third-order valence-corrected chi connectivity index (χ3v) is 1.73. The lowest BCUT2D eigenvalue weighted by molar-refractivity contribution is 0.229. The van der Waals surface area contributed by atoms with Crippen LogP contribution in [0.2, 0.25) is 0 Å². The van der Waals surface area contributed by atoms with Crippen LogP contribution in [0.4, 0.5) is 0 Å². The third-order valence-electron chi connectivity index (χ3n) is 1.73. The van der Waals surface area contributed by atoms with E-state index in [1.165, 1.54) is 0 Å². The van der Waals surface area contributed by atoms with Crippen LogP contribution in [0.3, 0.4) is 0 Å². The minimum absolute atomic E-state index is 0.0494. The van der Waals surface area contributed by atoms with Gasteiger partial charge >= 0.3 is 0 Å². The highest BCUT2D eigenvalue weighted by Crippen LogP contribution is 2.17. The summed E-state index contributed by atoms with van der Waals surface area (Å²) in [5, 5.41) is 0. The van der Waals surface area contributed by atoms with E-state index in [-0.39, 0.29) is 6.10 Å². The van der Waals surface area contributed by atoms with Crippen molar-refractivity contribution in [3.8, 4) is 11.5 Å². The zero-order chi connectivity index (χ0) is 9.68. The van der Waals surface area contributed by atoms with Gasteiger partial charge in [-0.3, -0.25) is 0 Å². The Bertz CT molecular complexity index is 246. The molecule has 13 heavy (non-hydrogen) atoms. The predicted octanol–water partition coefficient (Wildman–Crippen LogP) is 1.42. The Morgan fingerprint density at radius 1 is 1.23 bits per heavy atom. The second kappa shape index (κ2) is 4.72. The molecule has 0 saturated carbocycles. The summed E-state index contributed by atoms with van der Waals surface area (Å²) in [6, 6.07) is 7.45. The van der Waals surface area contributed by atoms with Crippen LogP contribution in [-0.4, -0.2) is 19.8 Å². The normalized spacial score (nSPS) is 12.2. The molecule has 0 saturated heterocycles. The van der Waals surface area contributed by atoms with Gasteiger partial charge in [0.15, 0.2) is 0 Å². The fourth-order valence-electron chi connectivity index (χ4n) is 0.935. The van der Waals surface area contributed by atoms with E-state index < -0.39 is 0 Å². The second-order valence-electron chi connectivity index (χ2n) is 2.84. The van der Waals surface area contributed by atoms with Crippen molar-refractivity contribution in [2.45, 2.75) is 13.0 Å². The standard InChI is InChI=1S/C10H15NO2/c1-8(7-11)13-10-5-3-9(12-2)4-6-10/h3-6,8H,7,11H2,1-2H3/t8-/m0/s1. The summed E-state index contributed by atoms with van der Waals surface area (Å²) < 4.78 is 10.5. The first-order chi connectivity index (χ1) is 6.26. The van der Waals surface area contributed by atoms with Crippen molar-refractivity contribution in [1.29, 1.82) is 0 Å². The summed E-state index contributed by atoms with van der Waals surface area (Å²) in [4.78, 5) is 0. The van der Waals surface area contributed by atoms with Crippen LogP contribution >= 0.6 is 0 Å². The number of ether oxygens (including phenoxy) is 2. The molecule has 0 heterocycles. The first-order valence-electron chi connectivity index (χ1n) is 4.27. The van der Waals surface area contributed by atoms with Crippen molar-refractivity contribution in [1.82, 2.24) is 0 Å². The van der Waals surface area contributed by atoms with Gasteiger partial charge in [0.1, 0.15) is 17.6 Å². The van der Waals surface area contributed by atoms with Crippen LogP contribution in [0.1, 0.15) is 6.92 Å². The van der Waals surface area contributed by atoms with E-state index in [0.29, 0.717) is 6.54 Å². The first-order valence-corrected chi connectivity index (χ1v) is 4.27. The molecular weight excluding hydrogens is 166 g/mol. The number of rotatable bonds is 4. The lowest BCUT2D eigenvalue weighted by Crippen LogP contribution is -2.22. The molecule has 1 aromatic carbocycles. The average molecular weight is 181 g/mol. The smallest absolute Gasteiger partial charge is 0.120 e. The van der Waals surface area contributed by atoms with Crippen molar-refractivity contribution in [3.05, 3.63) is 24.3 Å². The molecule has 0 amide bonds. The second-order valence-corrected chi connectivity index (χ2v) is 2.84. The lowest BCUT2D eigenvalue weighted by atomic mass is 10.3. The monoisotopic (exact) mass is 181 g/mol. The van der Waals surface area contributed by atoms with E-state index in [0.717, 1.165) is 11.5 Å². The van der Waals surface area contributed by atoms with Gasteiger partial charge in [-0.15, -0.1) is 0 Å². The molecule has 2 N–H and O–H groups in total. The zero-order valence-electron chi connectivity index (χ0n) is 7.99.